The Bertz CT molecular complexity index is 1380. The average molecular weight is 768 g/mol. The van der Waals surface area contributed by atoms with Crippen molar-refractivity contribution in [3.8, 4) is 0 Å². The van der Waals surface area contributed by atoms with E-state index in [0.717, 1.165) is 5.71 Å². The predicted octanol–water partition coefficient (Wildman–Crippen LogP) is 4.02. The Hall–Kier alpha value is -1.91. The lowest BCUT2D eigenvalue weighted by Crippen LogP contribution is -2.60. The molecule has 8 unspecified atom stereocenters. The van der Waals surface area contributed by atoms with Crippen LogP contribution >= 0.6 is 0 Å². The third-order valence-corrected chi connectivity index (χ3v) is 13.4. The minimum atomic E-state index is -1.14. The van der Waals surface area contributed by atoms with E-state index in [0.29, 0.717) is 25.9 Å². The van der Waals surface area contributed by atoms with E-state index in [-0.39, 0.29) is 30.4 Å². The number of carbonyl (C=O) groups is 2. The Kier molecular flexibility index (Phi) is 12.9. The number of nitrogens with zero attached hydrogens (tertiary/aromatic N) is 3. The predicted molar refractivity (Wildman–Crippen MR) is 201 cm³/mol. The first-order valence-electron chi connectivity index (χ1n) is 20.0. The van der Waals surface area contributed by atoms with Crippen LogP contribution in [-0.4, -0.2) is 151 Å². The summed E-state index contributed by atoms with van der Waals surface area (Å²) in [4.78, 5) is 36.7. The summed E-state index contributed by atoms with van der Waals surface area (Å²) >= 11 is 0. The number of ether oxygens (including phenoxy) is 7. The van der Waals surface area contributed by atoms with Gasteiger partial charge in [-0.15, -0.1) is 0 Å². The van der Waals surface area contributed by atoms with Gasteiger partial charge in [-0.1, -0.05) is 34.6 Å². The molecule has 310 valence electrons. The first kappa shape index (κ1) is 43.2. The quantitative estimate of drug-likeness (QED) is 0.375. The number of hydrogen-bond acceptors (Lipinski definition) is 13. The van der Waals surface area contributed by atoms with Gasteiger partial charge in [-0.2, -0.15) is 0 Å². The van der Waals surface area contributed by atoms with Crippen LogP contribution in [0.25, 0.3) is 0 Å². The zero-order chi connectivity index (χ0) is 40.2. The fourth-order valence-corrected chi connectivity index (χ4v) is 10.2. The van der Waals surface area contributed by atoms with Gasteiger partial charge in [0.05, 0.1) is 48.5 Å². The average Bonchev–Trinajstić information content (AvgIpc) is 3.22. The SMILES string of the molecule is COC1(C)CC(O[C@H]2[C@H](C)[C@@H](OC3OC(C)CC(N(C)C)C3O)C(C)(C)C[C@@H](C)C3=NCCN4C(=O)O[C@](C)([C@@H](C)OC(=O)[C@@H]2C)[C@H]4[C@H]3C)OC(C)C1O. The molecule has 0 saturated carbocycles. The molecule has 14 nitrogen and oxygen atoms in total. The molecular formula is C40H69N3O11. The molecule has 17 atom stereocenters. The summed E-state index contributed by atoms with van der Waals surface area (Å²) in [6.07, 6.45) is -5.64. The highest BCUT2D eigenvalue weighted by Gasteiger charge is 2.60. The molecule has 2 N–H and O–H groups in total. The van der Waals surface area contributed by atoms with E-state index in [4.69, 9.17) is 38.2 Å². The smallest absolute Gasteiger partial charge is 0.410 e. The maximum Gasteiger partial charge on any atom is 0.410 e. The molecule has 0 spiro atoms. The monoisotopic (exact) mass is 767 g/mol. The Morgan fingerprint density at radius 2 is 1.59 bits per heavy atom. The third kappa shape index (κ3) is 8.10. The van der Waals surface area contributed by atoms with Crippen molar-refractivity contribution >= 4 is 17.8 Å². The zero-order valence-corrected chi connectivity index (χ0v) is 35.1. The van der Waals surface area contributed by atoms with Gasteiger partial charge >= 0.3 is 12.1 Å². The highest BCUT2D eigenvalue weighted by atomic mass is 16.7. The Morgan fingerprint density at radius 1 is 0.926 bits per heavy atom. The second-order valence-corrected chi connectivity index (χ2v) is 18.3. The molecule has 5 heterocycles. The minimum Gasteiger partial charge on any atom is -0.458 e. The first-order chi connectivity index (χ1) is 25.1. The van der Waals surface area contributed by atoms with Gasteiger partial charge < -0.3 is 48.3 Å². The van der Waals surface area contributed by atoms with Gasteiger partial charge in [-0.05, 0) is 79.8 Å². The molecule has 0 radical (unpaired) electrons. The maximum absolute atomic E-state index is 14.4. The summed E-state index contributed by atoms with van der Waals surface area (Å²) in [5, 5.41) is 22.7. The van der Waals surface area contributed by atoms with Crippen molar-refractivity contribution < 1.29 is 53.0 Å². The van der Waals surface area contributed by atoms with Crippen LogP contribution in [0.3, 0.4) is 0 Å². The second kappa shape index (κ2) is 16.2. The van der Waals surface area contributed by atoms with Crippen LogP contribution in [0.15, 0.2) is 4.99 Å². The van der Waals surface area contributed by atoms with Crippen LogP contribution in [0.4, 0.5) is 4.79 Å². The summed E-state index contributed by atoms with van der Waals surface area (Å²) in [6, 6.07) is -0.608. The number of rotatable bonds is 6. The topological polar surface area (TPSA) is 158 Å². The largest absolute Gasteiger partial charge is 0.458 e. The molecule has 4 saturated heterocycles. The van der Waals surface area contributed by atoms with Crippen LogP contribution in [-0.2, 0) is 38.0 Å². The van der Waals surface area contributed by atoms with Gasteiger partial charge in [0, 0.05) is 43.7 Å². The molecule has 0 aromatic heterocycles. The molecular weight excluding hydrogens is 698 g/mol. The molecule has 5 rings (SSSR count). The number of fused-ring (bicyclic) bond motifs is 1. The lowest BCUT2D eigenvalue weighted by molar-refractivity contribution is -0.313. The van der Waals surface area contributed by atoms with E-state index in [1.165, 1.54) is 0 Å². The van der Waals surface area contributed by atoms with Gasteiger partial charge in [0.1, 0.15) is 18.3 Å². The van der Waals surface area contributed by atoms with Crippen LogP contribution < -0.4 is 0 Å². The molecule has 4 fully saturated rings. The molecule has 5 aliphatic heterocycles. The van der Waals surface area contributed by atoms with Crippen LogP contribution in [0.2, 0.25) is 0 Å². The number of aliphatic hydroxyl groups excluding tert-OH is 2. The summed E-state index contributed by atoms with van der Waals surface area (Å²) in [5.74, 6) is -2.10. The number of cyclic esters (lactones) is 1. The normalized spacial score (nSPS) is 47.7. The summed E-state index contributed by atoms with van der Waals surface area (Å²) < 4.78 is 44.7. The fraction of sp³-hybridized carbons (Fsp3) is 0.925. The Morgan fingerprint density at radius 3 is 2.22 bits per heavy atom. The Balaban J connectivity index is 1.61. The summed E-state index contributed by atoms with van der Waals surface area (Å²) in [5.41, 5.74) is -1.73. The van der Waals surface area contributed by atoms with E-state index in [2.05, 4.69) is 27.7 Å². The first-order valence-corrected chi connectivity index (χ1v) is 20.0. The van der Waals surface area contributed by atoms with Crippen molar-refractivity contribution in [2.75, 3.05) is 34.3 Å². The van der Waals surface area contributed by atoms with E-state index < -0.39 is 95.8 Å². The molecule has 54 heavy (non-hydrogen) atoms. The summed E-state index contributed by atoms with van der Waals surface area (Å²) in [6.45, 7) is 22.3. The van der Waals surface area contributed by atoms with E-state index >= 15 is 0 Å². The molecule has 5 aliphatic rings. The van der Waals surface area contributed by atoms with E-state index in [9.17, 15) is 19.8 Å². The van der Waals surface area contributed by atoms with Gasteiger partial charge in [0.2, 0.25) is 0 Å². The maximum atomic E-state index is 14.4. The number of aliphatic imine (C=N–C) groups is 1. The van der Waals surface area contributed by atoms with Crippen LogP contribution in [0.1, 0.15) is 95.4 Å². The van der Waals surface area contributed by atoms with E-state index in [1.807, 2.05) is 46.7 Å². The minimum absolute atomic E-state index is 0.0390. The standard InChI is InChI=1S/C40H69N3O11/c1-20-18-38(8,9)34(53-36-30(44)27(42(12)13)17-21(2)49-36)23(4)31(52-28-19-39(10,48-14)33(45)25(6)50-28)24(5)35(46)51-26(7)40(11)32-22(3)29(20)41-15-16-43(32)37(47)54-40/h20-28,30-34,36,44-45H,15-19H2,1-14H3/t20-,21?,22+,23+,24-,25?,26-,27?,28?,30?,31+,32-,33?,34-,36?,39?,40-/m1/s1. The molecule has 1 amide bonds. The van der Waals surface area contributed by atoms with Gasteiger partial charge in [0.25, 0.3) is 0 Å². The second-order valence-electron chi connectivity index (χ2n) is 18.3. The van der Waals surface area contributed by atoms with Crippen LogP contribution in [0, 0.1) is 29.1 Å². The lowest BCUT2D eigenvalue weighted by Gasteiger charge is -2.49. The highest BCUT2D eigenvalue weighted by molar-refractivity contribution is 5.91. The molecule has 0 aliphatic carbocycles. The number of esters is 1. The lowest BCUT2D eigenvalue weighted by atomic mass is 9.69. The zero-order valence-electron chi connectivity index (χ0n) is 35.1. The van der Waals surface area contributed by atoms with Crippen molar-refractivity contribution in [2.45, 2.75) is 174 Å². The number of likely N-dealkylation sites (N-methyl/N-ethyl adjacent to an activating group) is 1. The fourth-order valence-electron chi connectivity index (χ4n) is 10.2. The van der Waals surface area contributed by atoms with Crippen molar-refractivity contribution in [1.82, 2.24) is 9.80 Å². The molecule has 0 aromatic carbocycles. The van der Waals surface area contributed by atoms with Gasteiger partial charge in [-0.3, -0.25) is 14.7 Å². The number of amides is 1. The molecule has 2 bridgehead atoms. The van der Waals surface area contributed by atoms with Crippen LogP contribution in [0.5, 0.6) is 0 Å². The number of hydrogen-bond donors (Lipinski definition) is 2. The van der Waals surface area contributed by atoms with Crippen molar-refractivity contribution in [2.24, 2.45) is 34.1 Å². The number of methoxy groups -OCH3 is 1. The third-order valence-electron chi connectivity index (χ3n) is 13.4. The van der Waals surface area contributed by atoms with Gasteiger partial charge in [-0.25, -0.2) is 4.79 Å². The summed E-state index contributed by atoms with van der Waals surface area (Å²) in [7, 11) is 5.43. The van der Waals surface area contributed by atoms with Crippen molar-refractivity contribution in [3.63, 3.8) is 0 Å². The Labute approximate surface area is 322 Å². The molecule has 14 heteroatoms. The highest BCUT2D eigenvalue weighted by Crippen LogP contribution is 2.46. The van der Waals surface area contributed by atoms with E-state index in [1.54, 1.807) is 32.8 Å². The number of aliphatic hydroxyl groups is 2. The van der Waals surface area contributed by atoms with Crippen molar-refractivity contribution in [1.29, 1.82) is 0 Å². The van der Waals surface area contributed by atoms with Gasteiger partial charge in [0.15, 0.2) is 18.2 Å². The van der Waals surface area contributed by atoms with Crippen molar-refractivity contribution in [3.05, 3.63) is 0 Å². The molecule has 0 aromatic rings. The number of carbonyl (C=O) groups excluding carboxylic acids is 2.